The first-order valence-electron chi connectivity index (χ1n) is 8.86. The van der Waals surface area contributed by atoms with Crippen LogP contribution in [-0.4, -0.2) is 18.9 Å². The number of carbonyl (C=O) groups excluding carboxylic acids is 2. The van der Waals surface area contributed by atoms with Crippen molar-refractivity contribution in [2.75, 3.05) is 7.11 Å². The van der Waals surface area contributed by atoms with E-state index in [9.17, 15) is 9.59 Å². The van der Waals surface area contributed by atoms with Gasteiger partial charge in [-0.1, -0.05) is 37.3 Å². The van der Waals surface area contributed by atoms with E-state index in [1.54, 1.807) is 13.2 Å². The number of fused-ring (bicyclic) bond motifs is 2. The monoisotopic (exact) mass is 348 g/mol. The van der Waals surface area contributed by atoms with Crippen LogP contribution in [0.25, 0.3) is 0 Å². The molecule has 1 fully saturated rings. The summed E-state index contributed by atoms with van der Waals surface area (Å²) in [5.74, 6) is -0.0830. The number of rotatable bonds is 1. The molecular weight excluding hydrogens is 328 g/mol. The third-order valence-electron chi connectivity index (χ3n) is 7.38. The Morgan fingerprint density at radius 3 is 2.46 bits per heavy atom. The second kappa shape index (κ2) is 4.37. The van der Waals surface area contributed by atoms with Crippen LogP contribution in [0.15, 0.2) is 42.5 Å². The molecule has 4 atom stereocenters. The van der Waals surface area contributed by atoms with Gasteiger partial charge >= 0.3 is 5.97 Å². The lowest BCUT2D eigenvalue weighted by molar-refractivity contribution is -0.207. The molecule has 2 heterocycles. The quantitative estimate of drug-likeness (QED) is 0.737. The molecule has 0 spiro atoms. The Labute approximate surface area is 152 Å². The zero-order chi connectivity index (χ0) is 18.5. The van der Waals surface area contributed by atoms with Gasteiger partial charge in [0.25, 0.3) is 0 Å². The lowest BCUT2D eigenvalue weighted by Crippen LogP contribution is -2.68. The van der Waals surface area contributed by atoms with E-state index in [4.69, 9.17) is 9.47 Å². The van der Waals surface area contributed by atoms with E-state index in [-0.39, 0.29) is 11.8 Å². The molecule has 4 heteroatoms. The number of hydrogen-bond donors (Lipinski definition) is 0. The smallest absolute Gasteiger partial charge is 0.315 e. The van der Waals surface area contributed by atoms with Crippen molar-refractivity contribution in [1.29, 1.82) is 0 Å². The molecule has 2 aromatic carbocycles. The summed E-state index contributed by atoms with van der Waals surface area (Å²) in [6.45, 7) is 5.89. The van der Waals surface area contributed by atoms with Crippen LogP contribution < -0.4 is 4.74 Å². The molecule has 4 nitrogen and oxygen atoms in total. The number of Topliss-reactive ketones (excluding diaryl/α,β-unsaturated/α-hetero) is 1. The van der Waals surface area contributed by atoms with Crippen LogP contribution in [0.4, 0.5) is 0 Å². The van der Waals surface area contributed by atoms with Crippen molar-refractivity contribution in [3.8, 4) is 5.75 Å². The van der Waals surface area contributed by atoms with Crippen molar-refractivity contribution in [2.45, 2.75) is 37.7 Å². The highest BCUT2D eigenvalue weighted by Crippen LogP contribution is 2.72. The third-order valence-corrected chi connectivity index (χ3v) is 7.38. The maximum absolute atomic E-state index is 13.7. The first-order chi connectivity index (χ1) is 12.3. The van der Waals surface area contributed by atoms with Gasteiger partial charge in [-0.3, -0.25) is 9.59 Å². The maximum Gasteiger partial charge on any atom is 0.315 e. The second-order valence-corrected chi connectivity index (χ2v) is 8.04. The lowest BCUT2D eigenvalue weighted by atomic mass is 9.44. The van der Waals surface area contributed by atoms with E-state index in [2.05, 4.69) is 0 Å². The maximum atomic E-state index is 13.7. The fraction of sp³-hybridized carbons (Fsp3) is 0.364. The Morgan fingerprint density at radius 2 is 1.73 bits per heavy atom. The van der Waals surface area contributed by atoms with Gasteiger partial charge in [0.05, 0.1) is 18.4 Å². The average molecular weight is 348 g/mol. The standard InChI is InChI=1S/C22H20O4/c1-20-15-10-9-12(25-4)11-14(15)18(23)21(20,2)22(3)16-8-6-5-7-13(16)17(20)19(24)26-22/h5-11,17H,1-4H3/t17?,20-,21-,22?/m0/s1. The molecule has 4 aliphatic rings. The predicted octanol–water partition coefficient (Wildman–Crippen LogP) is 3.72. The van der Waals surface area contributed by atoms with Gasteiger partial charge in [0.1, 0.15) is 11.4 Å². The first kappa shape index (κ1) is 15.6. The van der Waals surface area contributed by atoms with Crippen molar-refractivity contribution >= 4 is 11.8 Å². The average Bonchev–Trinajstić information content (AvgIpc) is 2.82. The molecule has 2 bridgehead atoms. The van der Waals surface area contributed by atoms with Gasteiger partial charge in [-0.05, 0) is 37.1 Å². The molecular formula is C22H20O4. The first-order valence-corrected chi connectivity index (χ1v) is 8.86. The zero-order valence-corrected chi connectivity index (χ0v) is 15.3. The van der Waals surface area contributed by atoms with Crippen molar-refractivity contribution in [2.24, 2.45) is 5.41 Å². The Kier molecular flexibility index (Phi) is 2.63. The molecule has 6 rings (SSSR count). The molecule has 0 aromatic heterocycles. The van der Waals surface area contributed by atoms with Crippen LogP contribution in [0, 0.1) is 5.41 Å². The fourth-order valence-electron chi connectivity index (χ4n) is 5.77. The van der Waals surface area contributed by atoms with Crippen LogP contribution in [0.3, 0.4) is 0 Å². The van der Waals surface area contributed by atoms with Gasteiger partial charge in [0.2, 0.25) is 0 Å². The topological polar surface area (TPSA) is 52.6 Å². The third kappa shape index (κ3) is 1.31. The van der Waals surface area contributed by atoms with E-state index in [1.165, 1.54) is 0 Å². The van der Waals surface area contributed by atoms with Crippen molar-refractivity contribution in [3.63, 3.8) is 0 Å². The summed E-state index contributed by atoms with van der Waals surface area (Å²) in [5, 5.41) is 0. The SMILES string of the molecule is COc1ccc2c(c1)C(=O)[C@]1(C)C3(C)OC(=O)C(c4ccccc43)[C@]21C. The van der Waals surface area contributed by atoms with Crippen LogP contribution in [0.1, 0.15) is 53.7 Å². The normalized spacial score (nSPS) is 36.2. The highest BCUT2D eigenvalue weighted by Gasteiger charge is 2.77. The summed E-state index contributed by atoms with van der Waals surface area (Å²) >= 11 is 0. The lowest BCUT2D eigenvalue weighted by Gasteiger charge is -2.62. The number of carbonyl (C=O) groups is 2. The minimum absolute atomic E-state index is 0.0170. The second-order valence-electron chi connectivity index (χ2n) is 8.04. The molecule has 0 radical (unpaired) electrons. The Bertz CT molecular complexity index is 1010. The molecule has 0 amide bonds. The highest BCUT2D eigenvalue weighted by molar-refractivity contribution is 6.11. The summed E-state index contributed by atoms with van der Waals surface area (Å²) in [5.41, 5.74) is 0.921. The van der Waals surface area contributed by atoms with Gasteiger partial charge in [0.15, 0.2) is 5.78 Å². The van der Waals surface area contributed by atoms with Crippen LogP contribution in [0.5, 0.6) is 5.75 Å². The summed E-state index contributed by atoms with van der Waals surface area (Å²) in [4.78, 5) is 26.7. The minimum atomic E-state index is -1.01. The van der Waals surface area contributed by atoms with E-state index in [1.807, 2.05) is 57.2 Å². The number of benzene rings is 2. The molecule has 1 saturated heterocycles. The van der Waals surface area contributed by atoms with Crippen molar-refractivity contribution < 1.29 is 19.1 Å². The highest BCUT2D eigenvalue weighted by atomic mass is 16.6. The van der Waals surface area contributed by atoms with Gasteiger partial charge in [-0.25, -0.2) is 0 Å². The summed E-state index contributed by atoms with van der Waals surface area (Å²) < 4.78 is 11.3. The van der Waals surface area contributed by atoms with Gasteiger partial charge in [-0.15, -0.1) is 0 Å². The number of ether oxygens (including phenoxy) is 2. The Balaban J connectivity index is 1.91. The van der Waals surface area contributed by atoms with Gasteiger partial charge in [-0.2, -0.15) is 0 Å². The number of hydrogen-bond acceptors (Lipinski definition) is 4. The summed E-state index contributed by atoms with van der Waals surface area (Å²) in [7, 11) is 1.59. The Morgan fingerprint density at radius 1 is 1.00 bits per heavy atom. The zero-order valence-electron chi connectivity index (χ0n) is 15.3. The van der Waals surface area contributed by atoms with Crippen LogP contribution in [0.2, 0.25) is 0 Å². The molecule has 132 valence electrons. The number of methoxy groups -OCH3 is 1. The molecule has 2 aliphatic carbocycles. The van der Waals surface area contributed by atoms with Crippen molar-refractivity contribution in [3.05, 3.63) is 64.7 Å². The summed E-state index contributed by atoms with van der Waals surface area (Å²) in [6.07, 6.45) is 0. The molecule has 26 heavy (non-hydrogen) atoms. The van der Waals surface area contributed by atoms with Gasteiger partial charge in [0, 0.05) is 16.5 Å². The fourth-order valence-corrected chi connectivity index (χ4v) is 5.77. The predicted molar refractivity (Wildman–Crippen MR) is 95.4 cm³/mol. The largest absolute Gasteiger partial charge is 0.497 e. The molecule has 2 unspecified atom stereocenters. The number of ketones is 1. The molecule has 2 aromatic rings. The summed E-state index contributed by atoms with van der Waals surface area (Å²) in [6, 6.07) is 13.5. The van der Waals surface area contributed by atoms with Crippen LogP contribution in [-0.2, 0) is 20.5 Å². The number of esters is 1. The van der Waals surface area contributed by atoms with E-state index in [0.29, 0.717) is 11.3 Å². The van der Waals surface area contributed by atoms with E-state index < -0.39 is 22.3 Å². The van der Waals surface area contributed by atoms with E-state index >= 15 is 0 Å². The van der Waals surface area contributed by atoms with Crippen LogP contribution >= 0.6 is 0 Å². The van der Waals surface area contributed by atoms with E-state index in [0.717, 1.165) is 16.7 Å². The Hall–Kier alpha value is -2.62. The molecule has 2 aliphatic heterocycles. The minimum Gasteiger partial charge on any atom is -0.497 e. The van der Waals surface area contributed by atoms with Crippen molar-refractivity contribution in [1.82, 2.24) is 0 Å². The molecule has 0 N–H and O–H groups in total. The molecule has 0 saturated carbocycles. The van der Waals surface area contributed by atoms with Gasteiger partial charge < -0.3 is 9.47 Å².